The molecule has 8 heteroatoms. The van der Waals surface area contributed by atoms with Gasteiger partial charge in [0.1, 0.15) is 17.3 Å². The van der Waals surface area contributed by atoms with E-state index in [4.69, 9.17) is 27.9 Å². The molecule has 0 fully saturated rings. The van der Waals surface area contributed by atoms with Crippen LogP contribution in [0.15, 0.2) is 36.4 Å². The second-order valence-electron chi connectivity index (χ2n) is 7.64. The van der Waals surface area contributed by atoms with Crippen LogP contribution in [0.1, 0.15) is 31.9 Å². The molecule has 1 heterocycles. The highest BCUT2D eigenvalue weighted by Crippen LogP contribution is 2.39. The zero-order valence-electron chi connectivity index (χ0n) is 18.1. The van der Waals surface area contributed by atoms with Gasteiger partial charge in [0, 0.05) is 33.8 Å². The summed E-state index contributed by atoms with van der Waals surface area (Å²) in [5.41, 5.74) is 2.70. The number of anilines is 1. The Morgan fingerprint density at radius 1 is 1.10 bits per heavy atom. The van der Waals surface area contributed by atoms with Gasteiger partial charge in [0.2, 0.25) is 0 Å². The number of hydrogen-bond acceptors (Lipinski definition) is 5. The van der Waals surface area contributed by atoms with E-state index in [1.807, 2.05) is 45.2 Å². The molecule has 2 aromatic rings. The normalized spacial score (nSPS) is 14.1. The number of halogens is 2. The van der Waals surface area contributed by atoms with Crippen molar-refractivity contribution in [2.75, 3.05) is 24.1 Å². The van der Waals surface area contributed by atoms with E-state index < -0.39 is 0 Å². The fourth-order valence-corrected chi connectivity index (χ4v) is 3.33. The van der Waals surface area contributed by atoms with E-state index in [0.29, 0.717) is 33.8 Å². The van der Waals surface area contributed by atoms with E-state index in [1.54, 1.807) is 48.0 Å². The Kier molecular flexibility index (Phi) is 8.86. The SMILES string of the molecule is CC(C)(C)OC=O.CSCOc1ccc(Cl)cc1/C=C1/C(=O)N(C)c2cc(Cl)ccc21. The molecule has 166 valence electrons. The minimum absolute atomic E-state index is 0.0805. The van der Waals surface area contributed by atoms with Gasteiger partial charge in [-0.2, -0.15) is 0 Å². The van der Waals surface area contributed by atoms with E-state index in [-0.39, 0.29) is 11.5 Å². The quantitative estimate of drug-likeness (QED) is 0.290. The summed E-state index contributed by atoms with van der Waals surface area (Å²) in [7, 11) is 1.74. The molecule has 2 aromatic carbocycles. The van der Waals surface area contributed by atoms with E-state index in [2.05, 4.69) is 4.74 Å². The first-order valence-corrected chi connectivity index (χ1v) is 11.5. The average Bonchev–Trinajstić information content (AvgIpc) is 2.91. The fourth-order valence-electron chi connectivity index (χ4n) is 2.74. The molecule has 3 rings (SSSR count). The number of ether oxygens (including phenoxy) is 2. The number of carbonyl (C=O) groups is 2. The van der Waals surface area contributed by atoms with Gasteiger partial charge in [-0.05, 0) is 63.4 Å². The molecule has 0 spiro atoms. The van der Waals surface area contributed by atoms with Crippen molar-refractivity contribution in [2.24, 2.45) is 0 Å². The molecule has 0 aliphatic carbocycles. The highest BCUT2D eigenvalue weighted by atomic mass is 35.5. The summed E-state index contributed by atoms with van der Waals surface area (Å²) in [6, 6.07) is 10.8. The maximum Gasteiger partial charge on any atom is 0.293 e. The summed E-state index contributed by atoms with van der Waals surface area (Å²) in [6.07, 6.45) is 3.78. The zero-order valence-corrected chi connectivity index (χ0v) is 20.4. The third-order valence-corrected chi connectivity index (χ3v) is 4.98. The fraction of sp³-hybridized carbons (Fsp3) is 0.304. The number of carbonyl (C=O) groups excluding carboxylic acids is 2. The molecule has 1 aliphatic rings. The van der Waals surface area contributed by atoms with Gasteiger partial charge in [-0.15, -0.1) is 11.8 Å². The molecule has 0 bridgehead atoms. The number of likely N-dealkylation sites (N-methyl/N-ethyl adjacent to an activating group) is 1. The maximum absolute atomic E-state index is 12.6. The molecule has 0 saturated carbocycles. The monoisotopic (exact) mass is 481 g/mol. The van der Waals surface area contributed by atoms with Crippen molar-refractivity contribution >= 4 is 64.7 Å². The first-order valence-electron chi connectivity index (χ1n) is 9.40. The summed E-state index contributed by atoms with van der Waals surface area (Å²) < 4.78 is 10.3. The maximum atomic E-state index is 12.6. The Balaban J connectivity index is 0.000000423. The molecular formula is C23H25Cl2NO4S. The molecule has 0 aromatic heterocycles. The van der Waals surface area contributed by atoms with E-state index in [0.717, 1.165) is 16.8 Å². The third-order valence-electron chi connectivity index (χ3n) is 4.15. The van der Waals surface area contributed by atoms with Crippen LogP contribution in [0.25, 0.3) is 11.6 Å². The predicted molar refractivity (Wildman–Crippen MR) is 130 cm³/mol. The summed E-state index contributed by atoms with van der Waals surface area (Å²) in [6.45, 7) is 5.92. The van der Waals surface area contributed by atoms with Crippen molar-refractivity contribution < 1.29 is 19.1 Å². The highest BCUT2D eigenvalue weighted by Gasteiger charge is 2.30. The standard InChI is InChI=1S/C18H15Cl2NO2S.C5H10O2/c1-21-16-9-13(20)3-5-14(16)15(18(21)22)8-11-7-12(19)4-6-17(11)23-10-24-2;1-5(2,3)7-4-6/h3-9H,10H2,1-2H3;4H,1-3H3/b15-8+;. The zero-order chi connectivity index (χ0) is 23.2. The van der Waals surface area contributed by atoms with Crippen LogP contribution >= 0.6 is 35.0 Å². The van der Waals surface area contributed by atoms with Gasteiger partial charge in [-0.3, -0.25) is 9.59 Å². The number of nitrogens with zero attached hydrogens (tertiary/aromatic N) is 1. The van der Waals surface area contributed by atoms with E-state index in [1.165, 1.54) is 0 Å². The molecule has 0 unspecified atom stereocenters. The molecule has 5 nitrogen and oxygen atoms in total. The molecule has 1 aliphatic heterocycles. The molecule has 1 amide bonds. The minimum Gasteiger partial charge on any atom is -0.482 e. The van der Waals surface area contributed by atoms with Gasteiger partial charge in [-0.25, -0.2) is 0 Å². The summed E-state index contributed by atoms with van der Waals surface area (Å²) in [4.78, 5) is 23.8. The second kappa shape index (κ2) is 10.9. The number of amides is 1. The summed E-state index contributed by atoms with van der Waals surface area (Å²) in [5, 5.41) is 1.19. The van der Waals surface area contributed by atoms with E-state index in [9.17, 15) is 9.59 Å². The average molecular weight is 482 g/mol. The lowest BCUT2D eigenvalue weighted by Gasteiger charge is -2.14. The molecular weight excluding hydrogens is 457 g/mol. The topological polar surface area (TPSA) is 55.8 Å². The van der Waals surface area contributed by atoms with Crippen molar-refractivity contribution in [2.45, 2.75) is 26.4 Å². The lowest BCUT2D eigenvalue weighted by Crippen LogP contribution is -2.20. The first kappa shape index (κ1) is 25.1. The Morgan fingerprint density at radius 3 is 2.32 bits per heavy atom. The van der Waals surface area contributed by atoms with Gasteiger partial charge < -0.3 is 14.4 Å². The molecule has 31 heavy (non-hydrogen) atoms. The Morgan fingerprint density at radius 2 is 1.74 bits per heavy atom. The molecule has 0 saturated heterocycles. The van der Waals surface area contributed by atoms with Crippen LogP contribution in [0.5, 0.6) is 5.75 Å². The van der Waals surface area contributed by atoms with Gasteiger partial charge >= 0.3 is 0 Å². The highest BCUT2D eigenvalue weighted by molar-refractivity contribution is 7.98. The van der Waals surface area contributed by atoms with Crippen molar-refractivity contribution in [1.82, 2.24) is 0 Å². The van der Waals surface area contributed by atoms with Crippen LogP contribution in [-0.4, -0.2) is 37.2 Å². The molecule has 0 radical (unpaired) electrons. The van der Waals surface area contributed by atoms with Crippen LogP contribution in [0.3, 0.4) is 0 Å². The predicted octanol–water partition coefficient (Wildman–Crippen LogP) is 6.17. The summed E-state index contributed by atoms with van der Waals surface area (Å²) in [5.74, 6) is 1.14. The van der Waals surface area contributed by atoms with Crippen molar-refractivity contribution in [3.05, 3.63) is 57.6 Å². The largest absolute Gasteiger partial charge is 0.482 e. The van der Waals surface area contributed by atoms with Crippen LogP contribution in [0.2, 0.25) is 10.0 Å². The third kappa shape index (κ3) is 6.92. The first-order chi connectivity index (χ1) is 14.6. The molecule has 0 N–H and O–H groups in total. The van der Waals surface area contributed by atoms with Crippen LogP contribution < -0.4 is 9.64 Å². The van der Waals surface area contributed by atoms with E-state index >= 15 is 0 Å². The Bertz CT molecular complexity index is 986. The smallest absolute Gasteiger partial charge is 0.293 e. The summed E-state index contributed by atoms with van der Waals surface area (Å²) >= 11 is 13.7. The lowest BCUT2D eigenvalue weighted by molar-refractivity contribution is -0.138. The Hall–Kier alpha value is -2.15. The number of hydrogen-bond donors (Lipinski definition) is 0. The van der Waals surface area contributed by atoms with Gasteiger partial charge in [-0.1, -0.05) is 29.3 Å². The number of thioether (sulfide) groups is 1. The van der Waals surface area contributed by atoms with Crippen LogP contribution in [-0.2, 0) is 14.3 Å². The number of rotatable bonds is 5. The minimum atomic E-state index is -0.318. The van der Waals surface area contributed by atoms with Crippen molar-refractivity contribution in [3.63, 3.8) is 0 Å². The van der Waals surface area contributed by atoms with Gasteiger partial charge in [0.15, 0.2) is 0 Å². The van der Waals surface area contributed by atoms with Crippen molar-refractivity contribution in [1.29, 1.82) is 0 Å². The van der Waals surface area contributed by atoms with Crippen molar-refractivity contribution in [3.8, 4) is 5.75 Å². The Labute approximate surface area is 197 Å². The lowest BCUT2D eigenvalue weighted by atomic mass is 10.0. The van der Waals surface area contributed by atoms with Crippen LogP contribution in [0, 0.1) is 0 Å². The van der Waals surface area contributed by atoms with Gasteiger partial charge in [0.25, 0.3) is 12.4 Å². The number of fused-ring (bicyclic) bond motifs is 1. The van der Waals surface area contributed by atoms with Crippen LogP contribution in [0.4, 0.5) is 5.69 Å². The van der Waals surface area contributed by atoms with Gasteiger partial charge in [0.05, 0.1) is 5.69 Å². The molecule has 0 atom stereocenters. The number of benzene rings is 2. The second-order valence-corrected chi connectivity index (χ2v) is 9.33.